The minimum Gasteiger partial charge on any atom is -0.387 e. The van der Waals surface area contributed by atoms with E-state index >= 15 is 0 Å². The van der Waals surface area contributed by atoms with E-state index in [1.807, 2.05) is 0 Å². The molecule has 1 heterocycles. The summed E-state index contributed by atoms with van der Waals surface area (Å²) in [4.78, 5) is 4.17. The lowest BCUT2D eigenvalue weighted by molar-refractivity contribution is 0.547. The second-order valence-electron chi connectivity index (χ2n) is 2.82. The minimum atomic E-state index is 0.747. The molecule has 0 radical (unpaired) electrons. The Balaban J connectivity index is 2.44. The van der Waals surface area contributed by atoms with Crippen molar-refractivity contribution in [1.82, 2.24) is 0 Å². The number of aliphatic imine (C=N–C) groups is 1. The molecule has 9 heavy (non-hydrogen) atoms. The maximum absolute atomic E-state index is 5.58. The van der Waals surface area contributed by atoms with E-state index in [4.69, 9.17) is 5.73 Å². The van der Waals surface area contributed by atoms with E-state index in [-0.39, 0.29) is 0 Å². The van der Waals surface area contributed by atoms with Gasteiger partial charge in [-0.3, -0.25) is 4.99 Å². The fourth-order valence-electron chi connectivity index (χ4n) is 1.19. The van der Waals surface area contributed by atoms with Gasteiger partial charge in [-0.2, -0.15) is 0 Å². The molecule has 0 aliphatic carbocycles. The van der Waals surface area contributed by atoms with Gasteiger partial charge in [0.15, 0.2) is 0 Å². The number of amidine groups is 1. The first kappa shape index (κ1) is 6.59. The zero-order valence-corrected chi connectivity index (χ0v) is 5.93. The van der Waals surface area contributed by atoms with Crippen LogP contribution in [0.2, 0.25) is 0 Å². The molecule has 1 unspecified atom stereocenters. The molecule has 1 aliphatic rings. The maximum atomic E-state index is 5.58. The van der Waals surface area contributed by atoms with Crippen LogP contribution >= 0.6 is 0 Å². The van der Waals surface area contributed by atoms with Crippen molar-refractivity contribution in [2.45, 2.75) is 26.2 Å². The van der Waals surface area contributed by atoms with Crippen LogP contribution in [0.15, 0.2) is 4.99 Å². The van der Waals surface area contributed by atoms with Crippen LogP contribution in [-0.4, -0.2) is 12.4 Å². The molecule has 0 bridgehead atoms. The smallest absolute Gasteiger partial charge is 0.0939 e. The average molecular weight is 126 g/mol. The average Bonchev–Trinajstić information content (AvgIpc) is 1.93. The van der Waals surface area contributed by atoms with Gasteiger partial charge in [-0.25, -0.2) is 0 Å². The summed E-state index contributed by atoms with van der Waals surface area (Å²) in [5.74, 6) is 1.59. The first-order valence-corrected chi connectivity index (χ1v) is 3.58. The quantitative estimate of drug-likeness (QED) is 0.519. The Bertz CT molecular complexity index is 118. The van der Waals surface area contributed by atoms with Crippen LogP contribution in [-0.2, 0) is 0 Å². The summed E-state index contributed by atoms with van der Waals surface area (Å²) in [5, 5.41) is 0. The molecule has 0 aromatic carbocycles. The van der Waals surface area contributed by atoms with Crippen LogP contribution in [0, 0.1) is 5.92 Å². The summed E-state index contributed by atoms with van der Waals surface area (Å²) >= 11 is 0. The van der Waals surface area contributed by atoms with Gasteiger partial charge in [0.05, 0.1) is 5.84 Å². The SMILES string of the molecule is CC1CCCN=C(N)C1. The predicted octanol–water partition coefficient (Wildman–Crippen LogP) is 1.16. The second kappa shape index (κ2) is 2.85. The van der Waals surface area contributed by atoms with E-state index in [9.17, 15) is 0 Å². The molecule has 52 valence electrons. The van der Waals surface area contributed by atoms with E-state index in [1.165, 1.54) is 12.8 Å². The molecule has 1 rings (SSSR count). The first-order chi connectivity index (χ1) is 4.29. The molecule has 0 aromatic rings. The van der Waals surface area contributed by atoms with E-state index in [0.717, 1.165) is 24.7 Å². The third-order valence-corrected chi connectivity index (χ3v) is 1.73. The maximum Gasteiger partial charge on any atom is 0.0939 e. The van der Waals surface area contributed by atoms with Crippen LogP contribution in [0.5, 0.6) is 0 Å². The number of rotatable bonds is 0. The van der Waals surface area contributed by atoms with Gasteiger partial charge in [0.25, 0.3) is 0 Å². The Hall–Kier alpha value is -0.530. The molecule has 0 saturated heterocycles. The van der Waals surface area contributed by atoms with Crippen LogP contribution in [0.25, 0.3) is 0 Å². The van der Waals surface area contributed by atoms with Gasteiger partial charge in [-0.1, -0.05) is 6.92 Å². The van der Waals surface area contributed by atoms with E-state index in [2.05, 4.69) is 11.9 Å². The molecule has 0 fully saturated rings. The van der Waals surface area contributed by atoms with Crippen LogP contribution in [0.1, 0.15) is 26.2 Å². The van der Waals surface area contributed by atoms with Crippen molar-refractivity contribution in [3.05, 3.63) is 0 Å². The highest BCUT2D eigenvalue weighted by atomic mass is 14.8. The standard InChI is InChI=1S/C7H14N2/c1-6-3-2-4-9-7(8)5-6/h6H,2-5H2,1H3,(H2,8,9). The van der Waals surface area contributed by atoms with Crippen LogP contribution in [0.3, 0.4) is 0 Å². The van der Waals surface area contributed by atoms with Crippen molar-refractivity contribution in [3.8, 4) is 0 Å². The van der Waals surface area contributed by atoms with Gasteiger partial charge in [0.1, 0.15) is 0 Å². The summed E-state index contributed by atoms with van der Waals surface area (Å²) in [7, 11) is 0. The van der Waals surface area contributed by atoms with E-state index in [1.54, 1.807) is 0 Å². The fourth-order valence-corrected chi connectivity index (χ4v) is 1.19. The molecule has 0 spiro atoms. The molecule has 1 aliphatic heterocycles. The monoisotopic (exact) mass is 126 g/mol. The number of nitrogens with zero attached hydrogens (tertiary/aromatic N) is 1. The molecule has 1 atom stereocenters. The molecule has 2 heteroatoms. The van der Waals surface area contributed by atoms with Crippen molar-refractivity contribution in [2.24, 2.45) is 16.6 Å². The normalized spacial score (nSPS) is 29.0. The number of nitrogens with two attached hydrogens (primary N) is 1. The number of hydrogen-bond donors (Lipinski definition) is 1. The third kappa shape index (κ3) is 2.04. The molecule has 0 saturated carbocycles. The highest BCUT2D eigenvalue weighted by Crippen LogP contribution is 2.12. The Morgan fingerprint density at radius 2 is 2.44 bits per heavy atom. The van der Waals surface area contributed by atoms with Crippen molar-refractivity contribution < 1.29 is 0 Å². The summed E-state index contributed by atoms with van der Waals surface area (Å²) in [6.07, 6.45) is 3.49. The summed E-state index contributed by atoms with van der Waals surface area (Å²) in [6.45, 7) is 3.17. The Morgan fingerprint density at radius 1 is 1.67 bits per heavy atom. The van der Waals surface area contributed by atoms with Gasteiger partial charge >= 0.3 is 0 Å². The van der Waals surface area contributed by atoms with Crippen molar-refractivity contribution in [2.75, 3.05) is 6.54 Å². The van der Waals surface area contributed by atoms with E-state index in [0.29, 0.717) is 0 Å². The molecule has 0 amide bonds. The highest BCUT2D eigenvalue weighted by molar-refractivity contribution is 5.80. The summed E-state index contributed by atoms with van der Waals surface area (Å²) < 4.78 is 0. The van der Waals surface area contributed by atoms with Crippen molar-refractivity contribution in [1.29, 1.82) is 0 Å². The van der Waals surface area contributed by atoms with Gasteiger partial charge < -0.3 is 5.73 Å². The zero-order valence-electron chi connectivity index (χ0n) is 5.93. The van der Waals surface area contributed by atoms with Crippen LogP contribution in [0.4, 0.5) is 0 Å². The second-order valence-corrected chi connectivity index (χ2v) is 2.82. The van der Waals surface area contributed by atoms with E-state index < -0.39 is 0 Å². The molecular formula is C7H14N2. The summed E-state index contributed by atoms with van der Waals surface area (Å²) in [5.41, 5.74) is 5.58. The Labute approximate surface area is 56.2 Å². The van der Waals surface area contributed by atoms with Crippen LogP contribution < -0.4 is 5.73 Å². The lowest BCUT2D eigenvalue weighted by atomic mass is 10.0. The third-order valence-electron chi connectivity index (χ3n) is 1.73. The molecule has 2 N–H and O–H groups in total. The van der Waals surface area contributed by atoms with Gasteiger partial charge in [0, 0.05) is 13.0 Å². The molecule has 2 nitrogen and oxygen atoms in total. The Kier molecular flexibility index (Phi) is 2.09. The van der Waals surface area contributed by atoms with Crippen molar-refractivity contribution >= 4 is 5.84 Å². The predicted molar refractivity (Wildman–Crippen MR) is 39.5 cm³/mol. The fraction of sp³-hybridized carbons (Fsp3) is 0.857. The minimum absolute atomic E-state index is 0.747. The lowest BCUT2D eigenvalue weighted by Crippen LogP contribution is -2.13. The Morgan fingerprint density at radius 3 is 3.22 bits per heavy atom. The van der Waals surface area contributed by atoms with Gasteiger partial charge in [-0.05, 0) is 18.8 Å². The lowest BCUT2D eigenvalue weighted by Gasteiger charge is -2.03. The topological polar surface area (TPSA) is 38.4 Å². The number of hydrogen-bond acceptors (Lipinski definition) is 2. The summed E-state index contributed by atoms with van der Waals surface area (Å²) in [6, 6.07) is 0. The first-order valence-electron chi connectivity index (χ1n) is 3.58. The zero-order chi connectivity index (χ0) is 6.69. The van der Waals surface area contributed by atoms with Crippen molar-refractivity contribution in [3.63, 3.8) is 0 Å². The van der Waals surface area contributed by atoms with Gasteiger partial charge in [-0.15, -0.1) is 0 Å². The van der Waals surface area contributed by atoms with Gasteiger partial charge in [0.2, 0.25) is 0 Å². The highest BCUT2D eigenvalue weighted by Gasteiger charge is 2.07. The molecular weight excluding hydrogens is 112 g/mol. The largest absolute Gasteiger partial charge is 0.387 e. The molecule has 0 aromatic heterocycles.